The van der Waals surface area contributed by atoms with Gasteiger partial charge in [-0.3, -0.25) is 9.59 Å². The van der Waals surface area contributed by atoms with Crippen LogP contribution in [-0.2, 0) is 4.79 Å². The van der Waals surface area contributed by atoms with E-state index in [-0.39, 0.29) is 17.4 Å². The smallest absolute Gasteiger partial charge is 0.313 e. The first-order valence-electron chi connectivity index (χ1n) is 7.39. The van der Waals surface area contributed by atoms with Crippen molar-refractivity contribution in [3.05, 3.63) is 54.3 Å². The molecule has 1 amide bonds. The number of methoxy groups -OCH3 is 1. The molecule has 0 bridgehead atoms. The van der Waals surface area contributed by atoms with Crippen LogP contribution in [0.1, 0.15) is 10.6 Å². The second kappa shape index (κ2) is 7.31. The molecule has 0 saturated heterocycles. The van der Waals surface area contributed by atoms with Gasteiger partial charge in [-0.05, 0) is 36.4 Å². The van der Waals surface area contributed by atoms with Crippen molar-refractivity contribution in [2.75, 3.05) is 18.2 Å². The van der Waals surface area contributed by atoms with E-state index in [1.54, 1.807) is 43.5 Å². The summed E-state index contributed by atoms with van der Waals surface area (Å²) in [6, 6.07) is 14.0. The molecule has 0 aliphatic heterocycles. The maximum Gasteiger partial charge on any atom is 0.313 e. The fraction of sp³-hybridized carbons (Fsp3) is 0.111. The lowest BCUT2D eigenvalue weighted by Crippen LogP contribution is -2.10. The maximum atomic E-state index is 12.4. The summed E-state index contributed by atoms with van der Waals surface area (Å²) >= 11 is 1.21. The van der Waals surface area contributed by atoms with E-state index in [0.29, 0.717) is 17.0 Å². The number of carboxylic acid groups (broad SMARTS) is 1. The molecule has 1 heterocycles. The molecule has 2 aromatic carbocycles. The number of rotatable bonds is 6. The maximum absolute atomic E-state index is 12.4. The van der Waals surface area contributed by atoms with Crippen LogP contribution in [0.25, 0.3) is 11.0 Å². The number of carbonyl (C=O) groups is 2. The van der Waals surface area contributed by atoms with Crippen molar-refractivity contribution in [3.63, 3.8) is 0 Å². The van der Waals surface area contributed by atoms with E-state index >= 15 is 0 Å². The molecule has 0 fully saturated rings. The molecule has 6 nitrogen and oxygen atoms in total. The molecule has 0 aliphatic carbocycles. The van der Waals surface area contributed by atoms with Crippen molar-refractivity contribution in [2.24, 2.45) is 0 Å². The quantitative estimate of drug-likeness (QED) is 0.651. The standard InChI is InChI=1S/C18H15NO5S/c1-23-14-4-2-3-11-9-15(24-17(11)14)18(22)19-12-5-7-13(8-6-12)25-10-16(20)21/h2-9H,10H2,1H3,(H,19,22)(H,20,21). The van der Waals surface area contributed by atoms with Crippen LogP contribution in [0.4, 0.5) is 5.69 Å². The van der Waals surface area contributed by atoms with E-state index in [1.165, 1.54) is 11.8 Å². The minimum Gasteiger partial charge on any atom is -0.493 e. The predicted molar refractivity (Wildman–Crippen MR) is 95.5 cm³/mol. The second-order valence-corrected chi connectivity index (χ2v) is 6.20. The lowest BCUT2D eigenvalue weighted by atomic mass is 10.2. The van der Waals surface area contributed by atoms with Gasteiger partial charge in [-0.25, -0.2) is 0 Å². The summed E-state index contributed by atoms with van der Waals surface area (Å²) in [6.45, 7) is 0. The Bertz CT molecular complexity index is 917. The number of fused-ring (bicyclic) bond motifs is 1. The monoisotopic (exact) mass is 357 g/mol. The molecule has 128 valence electrons. The third-order valence-electron chi connectivity index (χ3n) is 3.43. The summed E-state index contributed by atoms with van der Waals surface area (Å²) < 4.78 is 10.8. The Morgan fingerprint density at radius 1 is 1.20 bits per heavy atom. The highest BCUT2D eigenvalue weighted by Crippen LogP contribution is 2.29. The van der Waals surface area contributed by atoms with Gasteiger partial charge in [0.25, 0.3) is 5.91 Å². The van der Waals surface area contributed by atoms with E-state index in [2.05, 4.69) is 5.32 Å². The molecule has 3 aromatic rings. The minimum atomic E-state index is -0.873. The van der Waals surface area contributed by atoms with Crippen LogP contribution in [0, 0.1) is 0 Å². The van der Waals surface area contributed by atoms with Crippen LogP contribution >= 0.6 is 11.8 Å². The van der Waals surface area contributed by atoms with Gasteiger partial charge in [0.1, 0.15) is 0 Å². The lowest BCUT2D eigenvalue weighted by Gasteiger charge is -2.04. The van der Waals surface area contributed by atoms with Crippen molar-refractivity contribution >= 4 is 40.3 Å². The Morgan fingerprint density at radius 3 is 2.64 bits per heavy atom. The number of anilines is 1. The topological polar surface area (TPSA) is 88.8 Å². The minimum absolute atomic E-state index is 0.00742. The number of furan rings is 1. The van der Waals surface area contributed by atoms with E-state index < -0.39 is 5.97 Å². The first kappa shape index (κ1) is 16.9. The number of thioether (sulfide) groups is 1. The summed E-state index contributed by atoms with van der Waals surface area (Å²) in [5.41, 5.74) is 1.12. The molecule has 0 saturated carbocycles. The van der Waals surface area contributed by atoms with Crippen LogP contribution in [0.3, 0.4) is 0 Å². The predicted octanol–water partition coefficient (Wildman–Crippen LogP) is 3.87. The van der Waals surface area contributed by atoms with Crippen LogP contribution in [0.5, 0.6) is 5.75 Å². The number of carbonyl (C=O) groups excluding carboxylic acids is 1. The van der Waals surface area contributed by atoms with Crippen molar-refractivity contribution in [1.82, 2.24) is 0 Å². The van der Waals surface area contributed by atoms with E-state index in [0.717, 1.165) is 10.3 Å². The summed E-state index contributed by atoms with van der Waals surface area (Å²) in [4.78, 5) is 23.7. The Hall–Kier alpha value is -2.93. The van der Waals surface area contributed by atoms with Crippen LogP contribution in [-0.4, -0.2) is 29.8 Å². The molecule has 7 heteroatoms. The Kier molecular flexibility index (Phi) is 4.95. The first-order valence-corrected chi connectivity index (χ1v) is 8.38. The average Bonchev–Trinajstić information content (AvgIpc) is 3.05. The van der Waals surface area contributed by atoms with Gasteiger partial charge in [-0.1, -0.05) is 12.1 Å². The Labute approximate surface area is 147 Å². The molecular weight excluding hydrogens is 342 g/mol. The van der Waals surface area contributed by atoms with Gasteiger partial charge in [0, 0.05) is 16.0 Å². The van der Waals surface area contributed by atoms with Crippen molar-refractivity contribution in [3.8, 4) is 5.75 Å². The van der Waals surface area contributed by atoms with Crippen LogP contribution < -0.4 is 10.1 Å². The van der Waals surface area contributed by atoms with Gasteiger partial charge >= 0.3 is 5.97 Å². The molecule has 1 aromatic heterocycles. The van der Waals surface area contributed by atoms with Crippen LogP contribution in [0.2, 0.25) is 0 Å². The lowest BCUT2D eigenvalue weighted by molar-refractivity contribution is -0.133. The summed E-state index contributed by atoms with van der Waals surface area (Å²) in [5, 5.41) is 12.2. The highest BCUT2D eigenvalue weighted by atomic mass is 32.2. The van der Waals surface area contributed by atoms with Gasteiger partial charge < -0.3 is 19.6 Å². The third kappa shape index (κ3) is 3.95. The normalized spacial score (nSPS) is 10.6. The van der Waals surface area contributed by atoms with Crippen molar-refractivity contribution in [2.45, 2.75) is 4.90 Å². The molecule has 3 rings (SSSR count). The van der Waals surface area contributed by atoms with Crippen molar-refractivity contribution in [1.29, 1.82) is 0 Å². The number of benzene rings is 2. The SMILES string of the molecule is COc1cccc2cc(C(=O)Nc3ccc(SCC(=O)O)cc3)oc12. The highest BCUT2D eigenvalue weighted by molar-refractivity contribution is 8.00. The zero-order valence-corrected chi connectivity index (χ0v) is 14.1. The van der Waals surface area contributed by atoms with Gasteiger partial charge in [0.2, 0.25) is 0 Å². The molecular formula is C18H15NO5S. The van der Waals surface area contributed by atoms with Gasteiger partial charge in [-0.15, -0.1) is 11.8 Å². The summed E-state index contributed by atoms with van der Waals surface area (Å²) in [6.07, 6.45) is 0. The molecule has 0 radical (unpaired) electrons. The average molecular weight is 357 g/mol. The Balaban J connectivity index is 1.72. The number of para-hydroxylation sites is 1. The number of nitrogens with one attached hydrogen (secondary N) is 1. The molecule has 0 unspecified atom stereocenters. The van der Waals surface area contributed by atoms with Crippen LogP contribution in [0.15, 0.2) is 57.8 Å². The first-order chi connectivity index (χ1) is 12.1. The number of aliphatic carboxylic acids is 1. The van der Waals surface area contributed by atoms with E-state index in [1.807, 2.05) is 12.1 Å². The number of carboxylic acids is 1. The molecule has 0 atom stereocenters. The van der Waals surface area contributed by atoms with Gasteiger partial charge in [0.15, 0.2) is 17.1 Å². The van der Waals surface area contributed by atoms with E-state index in [4.69, 9.17) is 14.3 Å². The highest BCUT2D eigenvalue weighted by Gasteiger charge is 2.15. The molecule has 0 aliphatic rings. The zero-order chi connectivity index (χ0) is 17.8. The molecule has 0 spiro atoms. The van der Waals surface area contributed by atoms with Gasteiger partial charge in [0.05, 0.1) is 12.9 Å². The summed E-state index contributed by atoms with van der Waals surface area (Å²) in [7, 11) is 1.54. The number of ether oxygens (including phenoxy) is 1. The third-order valence-corrected chi connectivity index (χ3v) is 4.42. The van der Waals surface area contributed by atoms with E-state index in [9.17, 15) is 9.59 Å². The van der Waals surface area contributed by atoms with Crippen molar-refractivity contribution < 1.29 is 23.8 Å². The number of hydrogen-bond donors (Lipinski definition) is 2. The fourth-order valence-electron chi connectivity index (χ4n) is 2.28. The zero-order valence-electron chi connectivity index (χ0n) is 13.3. The fourth-order valence-corrected chi connectivity index (χ4v) is 2.90. The Morgan fingerprint density at radius 2 is 1.96 bits per heavy atom. The number of amides is 1. The second-order valence-electron chi connectivity index (χ2n) is 5.15. The largest absolute Gasteiger partial charge is 0.493 e. The summed E-state index contributed by atoms with van der Waals surface area (Å²) in [5.74, 6) is -0.501. The molecule has 2 N–H and O–H groups in total. The van der Waals surface area contributed by atoms with Gasteiger partial charge in [-0.2, -0.15) is 0 Å². The molecule has 25 heavy (non-hydrogen) atoms. The number of hydrogen-bond acceptors (Lipinski definition) is 5.